The van der Waals surface area contributed by atoms with Crippen molar-refractivity contribution in [2.45, 2.75) is 45.8 Å². The SMILES string of the molecule is Cc1nsc(C)c1Cn1cc(CNC2CCN(C)CC2)nn1. The Morgan fingerprint density at radius 2 is 2.09 bits per heavy atom. The number of hydrogen-bond donors (Lipinski definition) is 1. The Morgan fingerprint density at radius 1 is 1.32 bits per heavy atom. The number of hydrogen-bond acceptors (Lipinski definition) is 6. The molecule has 0 spiro atoms. The van der Waals surface area contributed by atoms with E-state index in [1.54, 1.807) is 11.5 Å². The molecule has 1 aliphatic heterocycles. The fourth-order valence-corrected chi connectivity index (χ4v) is 3.55. The number of nitrogens with zero attached hydrogens (tertiary/aromatic N) is 5. The summed E-state index contributed by atoms with van der Waals surface area (Å²) >= 11 is 1.56. The zero-order valence-corrected chi connectivity index (χ0v) is 14.4. The summed E-state index contributed by atoms with van der Waals surface area (Å²) in [6, 6.07) is 0.604. The Bertz CT molecular complexity index is 592. The van der Waals surface area contributed by atoms with Crippen LogP contribution in [0.1, 0.15) is 34.7 Å². The third-order valence-electron chi connectivity index (χ3n) is 4.38. The Balaban J connectivity index is 1.53. The lowest BCUT2D eigenvalue weighted by molar-refractivity contribution is 0.233. The molecule has 6 nitrogen and oxygen atoms in total. The summed E-state index contributed by atoms with van der Waals surface area (Å²) in [6.07, 6.45) is 4.46. The van der Waals surface area contributed by atoms with Crippen molar-refractivity contribution >= 4 is 11.5 Å². The van der Waals surface area contributed by atoms with E-state index in [0.29, 0.717) is 6.04 Å². The molecule has 1 aliphatic rings. The normalized spacial score (nSPS) is 17.2. The van der Waals surface area contributed by atoms with Crippen LogP contribution in [0.5, 0.6) is 0 Å². The van der Waals surface area contributed by atoms with Crippen molar-refractivity contribution in [3.05, 3.63) is 28.0 Å². The van der Waals surface area contributed by atoms with Gasteiger partial charge in [0.1, 0.15) is 0 Å². The Morgan fingerprint density at radius 3 is 2.77 bits per heavy atom. The minimum atomic E-state index is 0.604. The van der Waals surface area contributed by atoms with Gasteiger partial charge in [0.15, 0.2) is 0 Å². The lowest BCUT2D eigenvalue weighted by atomic mass is 10.1. The monoisotopic (exact) mass is 320 g/mol. The lowest BCUT2D eigenvalue weighted by Gasteiger charge is -2.29. The molecule has 0 amide bonds. The van der Waals surface area contributed by atoms with E-state index in [1.165, 1.54) is 36.4 Å². The smallest absolute Gasteiger partial charge is 0.0965 e. The summed E-state index contributed by atoms with van der Waals surface area (Å²) in [4.78, 5) is 3.65. The summed E-state index contributed by atoms with van der Waals surface area (Å²) in [7, 11) is 2.19. The average molecular weight is 320 g/mol. The fourth-order valence-electron chi connectivity index (χ4n) is 2.85. The first-order valence-corrected chi connectivity index (χ1v) is 8.62. The molecule has 0 saturated carbocycles. The second-order valence-corrected chi connectivity index (χ2v) is 7.15. The fraction of sp³-hybridized carbons (Fsp3) is 0.667. The van der Waals surface area contributed by atoms with E-state index in [1.807, 2.05) is 10.9 Å². The molecule has 0 aromatic carbocycles. The van der Waals surface area contributed by atoms with E-state index in [-0.39, 0.29) is 0 Å². The average Bonchev–Trinajstić information content (AvgIpc) is 3.09. The lowest BCUT2D eigenvalue weighted by Crippen LogP contribution is -2.40. The van der Waals surface area contributed by atoms with Gasteiger partial charge in [-0.3, -0.25) is 0 Å². The van der Waals surface area contributed by atoms with Crippen molar-refractivity contribution in [2.24, 2.45) is 0 Å². The summed E-state index contributed by atoms with van der Waals surface area (Å²) < 4.78 is 6.30. The molecule has 0 bridgehead atoms. The minimum Gasteiger partial charge on any atom is -0.308 e. The highest BCUT2D eigenvalue weighted by Gasteiger charge is 2.16. The second-order valence-electron chi connectivity index (χ2n) is 6.17. The predicted molar refractivity (Wildman–Crippen MR) is 88.1 cm³/mol. The van der Waals surface area contributed by atoms with Crippen LogP contribution in [0.25, 0.3) is 0 Å². The maximum absolute atomic E-state index is 4.39. The molecule has 2 aromatic rings. The van der Waals surface area contributed by atoms with Gasteiger partial charge in [-0.15, -0.1) is 5.10 Å². The summed E-state index contributed by atoms with van der Waals surface area (Å²) in [6.45, 7) is 8.07. The van der Waals surface area contributed by atoms with Gasteiger partial charge in [-0.1, -0.05) is 5.21 Å². The van der Waals surface area contributed by atoms with Gasteiger partial charge >= 0.3 is 0 Å². The standard InChI is InChI=1S/C15H24N6S/c1-11-15(12(2)22-18-11)10-21-9-14(17-19-21)8-16-13-4-6-20(3)7-5-13/h9,13,16H,4-8,10H2,1-3H3. The van der Waals surface area contributed by atoms with Crippen LogP contribution in [0, 0.1) is 13.8 Å². The van der Waals surface area contributed by atoms with Crippen LogP contribution in [0.2, 0.25) is 0 Å². The Kier molecular flexibility index (Phi) is 4.85. The van der Waals surface area contributed by atoms with E-state index in [0.717, 1.165) is 24.5 Å². The second kappa shape index (κ2) is 6.85. The summed E-state index contributed by atoms with van der Waals surface area (Å²) in [5.74, 6) is 0. The van der Waals surface area contributed by atoms with E-state index < -0.39 is 0 Å². The molecule has 120 valence electrons. The molecular formula is C15H24N6S. The molecule has 1 saturated heterocycles. The molecule has 2 aromatic heterocycles. The molecule has 0 radical (unpaired) electrons. The number of nitrogens with one attached hydrogen (secondary N) is 1. The zero-order chi connectivity index (χ0) is 15.5. The number of piperidine rings is 1. The number of aryl methyl sites for hydroxylation is 2. The molecule has 1 N–H and O–H groups in total. The van der Waals surface area contributed by atoms with Gasteiger partial charge in [-0.25, -0.2) is 4.68 Å². The number of likely N-dealkylation sites (tertiary alicyclic amines) is 1. The number of rotatable bonds is 5. The molecule has 0 atom stereocenters. The van der Waals surface area contributed by atoms with Crippen LogP contribution in [-0.4, -0.2) is 50.4 Å². The van der Waals surface area contributed by atoms with Crippen LogP contribution in [0.4, 0.5) is 0 Å². The molecule has 7 heteroatoms. The van der Waals surface area contributed by atoms with Gasteiger partial charge < -0.3 is 10.2 Å². The van der Waals surface area contributed by atoms with Crippen LogP contribution in [0.3, 0.4) is 0 Å². The molecular weight excluding hydrogens is 296 g/mol. The highest BCUT2D eigenvalue weighted by Crippen LogP contribution is 2.18. The summed E-state index contributed by atoms with van der Waals surface area (Å²) in [5.41, 5.74) is 3.38. The van der Waals surface area contributed by atoms with E-state index in [9.17, 15) is 0 Å². The molecule has 1 fully saturated rings. The number of aromatic nitrogens is 4. The van der Waals surface area contributed by atoms with Crippen LogP contribution in [0.15, 0.2) is 6.20 Å². The van der Waals surface area contributed by atoms with E-state index in [2.05, 4.69) is 45.8 Å². The summed E-state index contributed by atoms with van der Waals surface area (Å²) in [5, 5.41) is 12.1. The van der Waals surface area contributed by atoms with Crippen LogP contribution < -0.4 is 5.32 Å². The molecule has 22 heavy (non-hydrogen) atoms. The topological polar surface area (TPSA) is 58.9 Å². The van der Waals surface area contributed by atoms with Crippen molar-refractivity contribution in [3.63, 3.8) is 0 Å². The minimum absolute atomic E-state index is 0.604. The van der Waals surface area contributed by atoms with Crippen molar-refractivity contribution in [1.82, 2.24) is 29.6 Å². The van der Waals surface area contributed by atoms with Gasteiger partial charge in [-0.05, 0) is 58.4 Å². The van der Waals surface area contributed by atoms with E-state index >= 15 is 0 Å². The van der Waals surface area contributed by atoms with Crippen molar-refractivity contribution in [1.29, 1.82) is 0 Å². The zero-order valence-electron chi connectivity index (χ0n) is 13.5. The molecule has 0 unspecified atom stereocenters. The largest absolute Gasteiger partial charge is 0.308 e. The first-order valence-electron chi connectivity index (χ1n) is 7.84. The van der Waals surface area contributed by atoms with Gasteiger partial charge in [-0.2, -0.15) is 4.37 Å². The maximum atomic E-state index is 4.39. The third kappa shape index (κ3) is 3.71. The Hall–Kier alpha value is -1.31. The quantitative estimate of drug-likeness (QED) is 0.906. The highest BCUT2D eigenvalue weighted by atomic mass is 32.1. The molecule has 0 aliphatic carbocycles. The van der Waals surface area contributed by atoms with Crippen molar-refractivity contribution in [3.8, 4) is 0 Å². The van der Waals surface area contributed by atoms with Gasteiger partial charge in [0.25, 0.3) is 0 Å². The van der Waals surface area contributed by atoms with Crippen LogP contribution in [-0.2, 0) is 13.1 Å². The Labute approximate surface area is 135 Å². The van der Waals surface area contributed by atoms with E-state index in [4.69, 9.17) is 0 Å². The van der Waals surface area contributed by atoms with Gasteiger partial charge in [0.05, 0.1) is 24.1 Å². The van der Waals surface area contributed by atoms with Crippen molar-refractivity contribution < 1.29 is 0 Å². The maximum Gasteiger partial charge on any atom is 0.0965 e. The molecule has 3 rings (SSSR count). The first-order chi connectivity index (χ1) is 10.6. The van der Waals surface area contributed by atoms with Crippen molar-refractivity contribution in [2.75, 3.05) is 20.1 Å². The highest BCUT2D eigenvalue weighted by molar-refractivity contribution is 7.05. The first kappa shape index (κ1) is 15.6. The predicted octanol–water partition coefficient (Wildman–Crippen LogP) is 1.58. The van der Waals surface area contributed by atoms with Crippen LogP contribution >= 0.6 is 11.5 Å². The van der Waals surface area contributed by atoms with Gasteiger partial charge in [0, 0.05) is 23.0 Å². The molecule has 3 heterocycles. The van der Waals surface area contributed by atoms with Gasteiger partial charge in [0.2, 0.25) is 0 Å². The third-order valence-corrected chi connectivity index (χ3v) is 5.26.